The summed E-state index contributed by atoms with van der Waals surface area (Å²) in [7, 11) is 0. The second-order valence-electron chi connectivity index (χ2n) is 19.3. The quantitative estimate of drug-likeness (QED) is 0.0996. The molecule has 0 radical (unpaired) electrons. The summed E-state index contributed by atoms with van der Waals surface area (Å²) in [5, 5.41) is 2.70. The molecule has 2 heterocycles. The van der Waals surface area contributed by atoms with Gasteiger partial charge in [-0.15, -0.1) is 11.3 Å². The summed E-state index contributed by atoms with van der Waals surface area (Å²) in [5.74, 6) is 0.426. The number of allylic oxidation sites excluding steroid dienone is 2. The van der Waals surface area contributed by atoms with Crippen LogP contribution in [-0.2, 0) is 0 Å². The first-order valence-corrected chi connectivity index (χ1v) is 27.3. The van der Waals surface area contributed by atoms with E-state index in [2.05, 4.69) is 278 Å². The molecule has 0 fully saturated rings. The Morgan fingerprint density at radius 1 is 0.500 bits per heavy atom. The van der Waals surface area contributed by atoms with Crippen LogP contribution in [0.2, 0.25) is 0 Å². The SMILES string of the molecule is C1=CCC2C(C1)c1cc(-c3ccccc3-c3ccccc3N(c3ccccc3)c3cccc(-c4ccc(-c5ccccc5)cc4)c3)ccc1N2c1ccc2sc3ccccc3c2c1.C=C(C)Sc1ccccc1C. The lowest BCUT2D eigenvalue weighted by atomic mass is 9.84. The van der Waals surface area contributed by atoms with Crippen molar-refractivity contribution >= 4 is 71.7 Å². The lowest BCUT2D eigenvalue weighted by molar-refractivity contribution is 0.546. The molecule has 0 saturated carbocycles. The van der Waals surface area contributed by atoms with Crippen LogP contribution in [-0.4, -0.2) is 6.04 Å². The zero-order chi connectivity index (χ0) is 50.0. The normalized spacial score (nSPS) is 14.5. The van der Waals surface area contributed by atoms with Crippen LogP contribution in [0.4, 0.5) is 28.4 Å². The van der Waals surface area contributed by atoms with Gasteiger partial charge in [-0.1, -0.05) is 200 Å². The molecular weight excluding hydrogens is 933 g/mol. The minimum Gasteiger partial charge on any atom is -0.337 e. The van der Waals surface area contributed by atoms with E-state index in [1.807, 2.05) is 18.3 Å². The van der Waals surface area contributed by atoms with Gasteiger partial charge in [-0.05, 0) is 154 Å². The molecule has 1 aliphatic carbocycles. The molecule has 2 atom stereocenters. The highest BCUT2D eigenvalue weighted by Gasteiger charge is 2.39. The van der Waals surface area contributed by atoms with E-state index >= 15 is 0 Å². The number of benzene rings is 10. The largest absolute Gasteiger partial charge is 0.337 e. The maximum atomic E-state index is 3.85. The van der Waals surface area contributed by atoms with Gasteiger partial charge in [0.15, 0.2) is 0 Å². The van der Waals surface area contributed by atoms with Crippen molar-refractivity contribution in [2.24, 2.45) is 0 Å². The highest BCUT2D eigenvalue weighted by molar-refractivity contribution is 8.03. The van der Waals surface area contributed by atoms with Crippen molar-refractivity contribution in [3.8, 4) is 44.5 Å². The van der Waals surface area contributed by atoms with Gasteiger partial charge in [-0.25, -0.2) is 0 Å². The number of rotatable bonds is 10. The second-order valence-corrected chi connectivity index (χ2v) is 21.8. The molecule has 2 nitrogen and oxygen atoms in total. The van der Waals surface area contributed by atoms with Crippen molar-refractivity contribution in [3.05, 3.63) is 277 Å². The Balaban J connectivity index is 0.000000451. The molecule has 11 aromatic rings. The van der Waals surface area contributed by atoms with E-state index in [4.69, 9.17) is 0 Å². The Bertz CT molecular complexity index is 3830. The third kappa shape index (κ3) is 9.28. The molecular formula is C70H56N2S2. The molecule has 4 heteroatoms. The molecule has 0 N–H and O–H groups in total. The van der Waals surface area contributed by atoms with Crippen molar-refractivity contribution in [1.29, 1.82) is 0 Å². The average molecular weight is 989 g/mol. The summed E-state index contributed by atoms with van der Waals surface area (Å²) in [6.07, 6.45) is 6.87. The van der Waals surface area contributed by atoms with Crippen LogP contribution in [0, 0.1) is 6.92 Å². The fourth-order valence-electron chi connectivity index (χ4n) is 11.1. The van der Waals surface area contributed by atoms with Crippen molar-refractivity contribution in [2.45, 2.75) is 43.5 Å². The molecule has 10 aromatic carbocycles. The topological polar surface area (TPSA) is 6.48 Å². The zero-order valence-corrected chi connectivity index (χ0v) is 43.4. The van der Waals surface area contributed by atoms with Crippen molar-refractivity contribution < 1.29 is 0 Å². The minimum atomic E-state index is 0.385. The Kier molecular flexibility index (Phi) is 13.2. The van der Waals surface area contributed by atoms with E-state index in [1.165, 1.54) is 92.1 Å². The third-order valence-corrected chi connectivity index (χ3v) is 16.7. The number of fused-ring (bicyclic) bond motifs is 6. The van der Waals surface area contributed by atoms with Gasteiger partial charge in [0.1, 0.15) is 0 Å². The number of hydrogen-bond donors (Lipinski definition) is 0. The molecule has 2 aliphatic rings. The standard InChI is InChI=1S/C60H44N2S.C10H12S/c1-3-16-41(17-4-1)42-30-32-43(33-31-42)44-18-15-21-47(38-44)61(46-19-5-2-6-20-46)56-27-12-9-24-51(56)50-23-8-7-22-49(50)45-34-36-58-54(39-45)52-25-10-13-28-57(52)62(58)48-35-37-60-55(40-48)53-26-11-14-29-59(53)63-60;1-8(2)11-10-7-5-4-6-9(10)3/h1-24,26-27,29-40,52,57H,25,28H2;4-7H,1H2,2-3H3. The first-order valence-electron chi connectivity index (χ1n) is 25.6. The second kappa shape index (κ2) is 20.8. The summed E-state index contributed by atoms with van der Waals surface area (Å²) in [4.78, 5) is 7.50. The van der Waals surface area contributed by atoms with Gasteiger partial charge in [0, 0.05) is 65.3 Å². The molecule has 13 rings (SSSR count). The molecule has 1 aromatic heterocycles. The Hall–Kier alpha value is -8.15. The fourth-order valence-corrected chi connectivity index (χ4v) is 12.9. The molecule has 0 amide bonds. The van der Waals surface area contributed by atoms with Crippen molar-refractivity contribution in [2.75, 3.05) is 9.80 Å². The molecule has 0 bridgehead atoms. The fraction of sp³-hybridized carbons (Fsp3) is 0.0857. The van der Waals surface area contributed by atoms with Gasteiger partial charge in [-0.2, -0.15) is 0 Å². The molecule has 358 valence electrons. The molecule has 2 unspecified atom stereocenters. The van der Waals surface area contributed by atoms with Gasteiger partial charge in [0.05, 0.1) is 5.69 Å². The highest BCUT2D eigenvalue weighted by atomic mass is 32.2. The van der Waals surface area contributed by atoms with Gasteiger partial charge >= 0.3 is 0 Å². The van der Waals surface area contributed by atoms with E-state index in [0.29, 0.717) is 12.0 Å². The van der Waals surface area contributed by atoms with Crippen LogP contribution in [0.15, 0.2) is 271 Å². The van der Waals surface area contributed by atoms with Gasteiger partial charge in [-0.3, -0.25) is 0 Å². The van der Waals surface area contributed by atoms with Crippen molar-refractivity contribution in [1.82, 2.24) is 0 Å². The average Bonchev–Trinajstić information content (AvgIpc) is 4.00. The summed E-state index contributed by atoms with van der Waals surface area (Å²) < 4.78 is 2.69. The summed E-state index contributed by atoms with van der Waals surface area (Å²) in [5.41, 5.74) is 18.4. The number of nitrogens with zero attached hydrogens (tertiary/aromatic N) is 2. The Morgan fingerprint density at radius 2 is 1.11 bits per heavy atom. The van der Waals surface area contributed by atoms with E-state index < -0.39 is 0 Å². The molecule has 0 saturated heterocycles. The predicted molar refractivity (Wildman–Crippen MR) is 321 cm³/mol. The lowest BCUT2D eigenvalue weighted by Gasteiger charge is -2.31. The Labute approximate surface area is 444 Å². The van der Waals surface area contributed by atoms with E-state index in [-0.39, 0.29) is 0 Å². The molecule has 1 aliphatic heterocycles. The number of aryl methyl sites for hydroxylation is 1. The minimum absolute atomic E-state index is 0.385. The van der Waals surface area contributed by atoms with Gasteiger partial charge in [0.25, 0.3) is 0 Å². The highest BCUT2D eigenvalue weighted by Crippen LogP contribution is 2.53. The van der Waals surface area contributed by atoms with E-state index in [0.717, 1.165) is 34.8 Å². The van der Waals surface area contributed by atoms with Gasteiger partial charge < -0.3 is 9.80 Å². The van der Waals surface area contributed by atoms with Crippen LogP contribution in [0.1, 0.15) is 36.8 Å². The number of hydrogen-bond acceptors (Lipinski definition) is 4. The summed E-state index contributed by atoms with van der Waals surface area (Å²) >= 11 is 3.62. The van der Waals surface area contributed by atoms with Gasteiger partial charge in [0.2, 0.25) is 0 Å². The van der Waals surface area contributed by atoms with Crippen LogP contribution < -0.4 is 9.80 Å². The smallest absolute Gasteiger partial charge is 0.0540 e. The summed E-state index contributed by atoms with van der Waals surface area (Å²) in [6, 6.07) is 89.1. The molecule has 74 heavy (non-hydrogen) atoms. The van der Waals surface area contributed by atoms with Crippen LogP contribution in [0.5, 0.6) is 0 Å². The lowest BCUT2D eigenvalue weighted by Crippen LogP contribution is -2.30. The third-order valence-electron chi connectivity index (χ3n) is 14.6. The number of para-hydroxylation sites is 2. The zero-order valence-electron chi connectivity index (χ0n) is 41.7. The first kappa shape index (κ1) is 46.9. The molecule has 0 spiro atoms. The van der Waals surface area contributed by atoms with E-state index in [9.17, 15) is 0 Å². The monoisotopic (exact) mass is 988 g/mol. The van der Waals surface area contributed by atoms with E-state index in [1.54, 1.807) is 11.8 Å². The predicted octanol–water partition coefficient (Wildman–Crippen LogP) is 20.8. The van der Waals surface area contributed by atoms with Crippen LogP contribution >= 0.6 is 23.1 Å². The van der Waals surface area contributed by atoms with Crippen LogP contribution in [0.25, 0.3) is 64.7 Å². The van der Waals surface area contributed by atoms with Crippen LogP contribution in [0.3, 0.4) is 0 Å². The Morgan fingerprint density at radius 3 is 1.91 bits per heavy atom. The summed E-state index contributed by atoms with van der Waals surface area (Å²) in [6.45, 7) is 8.00. The maximum absolute atomic E-state index is 3.85. The number of thiophene rings is 1. The number of thioether (sulfide) groups is 1. The van der Waals surface area contributed by atoms with Crippen molar-refractivity contribution in [3.63, 3.8) is 0 Å². The maximum Gasteiger partial charge on any atom is 0.0540 e. The number of anilines is 5. The first-order chi connectivity index (χ1) is 36.4.